The zero-order chi connectivity index (χ0) is 14.5. The SMILES string of the molecule is CN(Cc1ccccc1)[C@H]1CCCN(C2CCSCC2)C1. The molecule has 2 fully saturated rings. The molecular formula is C18H28N2S. The maximum Gasteiger partial charge on any atom is 0.0234 e. The van der Waals surface area contributed by atoms with Crippen molar-refractivity contribution in [3.8, 4) is 0 Å². The van der Waals surface area contributed by atoms with E-state index in [0.717, 1.165) is 18.6 Å². The van der Waals surface area contributed by atoms with E-state index in [1.165, 1.54) is 55.8 Å². The van der Waals surface area contributed by atoms with E-state index >= 15 is 0 Å². The quantitative estimate of drug-likeness (QED) is 0.841. The van der Waals surface area contributed by atoms with Gasteiger partial charge in [-0.2, -0.15) is 11.8 Å². The van der Waals surface area contributed by atoms with Crippen LogP contribution >= 0.6 is 11.8 Å². The average molecular weight is 305 g/mol. The Morgan fingerprint density at radius 2 is 1.90 bits per heavy atom. The van der Waals surface area contributed by atoms with Crippen LogP contribution in [0.4, 0.5) is 0 Å². The highest BCUT2D eigenvalue weighted by molar-refractivity contribution is 7.99. The van der Waals surface area contributed by atoms with E-state index in [-0.39, 0.29) is 0 Å². The summed E-state index contributed by atoms with van der Waals surface area (Å²) in [5.41, 5.74) is 1.44. The molecule has 3 rings (SSSR count). The zero-order valence-corrected chi connectivity index (χ0v) is 14.0. The molecule has 116 valence electrons. The van der Waals surface area contributed by atoms with E-state index in [1.54, 1.807) is 0 Å². The van der Waals surface area contributed by atoms with Gasteiger partial charge in [-0.15, -0.1) is 0 Å². The van der Waals surface area contributed by atoms with Crippen LogP contribution in [0.5, 0.6) is 0 Å². The first kappa shape index (κ1) is 15.4. The van der Waals surface area contributed by atoms with Gasteiger partial charge < -0.3 is 0 Å². The third-order valence-electron chi connectivity index (χ3n) is 5.03. The standard InChI is InChI=1S/C18H28N2S/c1-19(14-16-6-3-2-4-7-16)18-8-5-11-20(15-18)17-9-12-21-13-10-17/h2-4,6-7,17-18H,5,8-15H2,1H3/t18-/m0/s1. The van der Waals surface area contributed by atoms with Crippen LogP contribution in [0, 0.1) is 0 Å². The predicted octanol–water partition coefficient (Wildman–Crippen LogP) is 3.48. The van der Waals surface area contributed by atoms with Crippen molar-refractivity contribution in [1.29, 1.82) is 0 Å². The first-order valence-corrected chi connectivity index (χ1v) is 9.54. The average Bonchev–Trinajstić information content (AvgIpc) is 2.57. The van der Waals surface area contributed by atoms with Crippen LogP contribution in [0.25, 0.3) is 0 Å². The second-order valence-electron chi connectivity index (χ2n) is 6.54. The molecule has 0 aliphatic carbocycles. The van der Waals surface area contributed by atoms with Crippen molar-refractivity contribution in [3.63, 3.8) is 0 Å². The van der Waals surface area contributed by atoms with Crippen LogP contribution in [-0.2, 0) is 6.54 Å². The van der Waals surface area contributed by atoms with Gasteiger partial charge in [-0.05, 0) is 56.3 Å². The Bertz CT molecular complexity index is 416. The Morgan fingerprint density at radius 3 is 2.67 bits per heavy atom. The summed E-state index contributed by atoms with van der Waals surface area (Å²) in [6.45, 7) is 3.68. The highest BCUT2D eigenvalue weighted by Gasteiger charge is 2.28. The van der Waals surface area contributed by atoms with Gasteiger partial charge in [-0.3, -0.25) is 9.80 Å². The van der Waals surface area contributed by atoms with E-state index in [4.69, 9.17) is 0 Å². The van der Waals surface area contributed by atoms with E-state index in [0.29, 0.717) is 0 Å². The molecule has 2 aliphatic rings. The highest BCUT2D eigenvalue weighted by atomic mass is 32.2. The lowest BCUT2D eigenvalue weighted by atomic mass is 9.99. The topological polar surface area (TPSA) is 6.48 Å². The Hall–Kier alpha value is -0.510. The van der Waals surface area contributed by atoms with Crippen molar-refractivity contribution in [2.24, 2.45) is 0 Å². The lowest BCUT2D eigenvalue weighted by Crippen LogP contribution is -2.50. The molecule has 2 aliphatic heterocycles. The van der Waals surface area contributed by atoms with Crippen LogP contribution < -0.4 is 0 Å². The van der Waals surface area contributed by atoms with Crippen molar-refractivity contribution < 1.29 is 0 Å². The molecule has 0 saturated carbocycles. The summed E-state index contributed by atoms with van der Waals surface area (Å²) >= 11 is 2.13. The number of thioether (sulfide) groups is 1. The molecule has 2 saturated heterocycles. The fraction of sp³-hybridized carbons (Fsp3) is 0.667. The second kappa shape index (κ2) is 7.66. The van der Waals surface area contributed by atoms with Gasteiger partial charge in [-0.25, -0.2) is 0 Å². The lowest BCUT2D eigenvalue weighted by Gasteiger charge is -2.42. The molecule has 2 nitrogen and oxygen atoms in total. The number of hydrogen-bond acceptors (Lipinski definition) is 3. The second-order valence-corrected chi connectivity index (χ2v) is 7.76. The molecule has 1 atom stereocenters. The van der Waals surface area contributed by atoms with Crippen LogP contribution in [0.1, 0.15) is 31.2 Å². The molecule has 0 amide bonds. The van der Waals surface area contributed by atoms with Crippen LogP contribution in [0.15, 0.2) is 30.3 Å². The summed E-state index contributed by atoms with van der Waals surface area (Å²) in [6.07, 6.45) is 5.54. The van der Waals surface area contributed by atoms with Crippen LogP contribution in [-0.4, -0.2) is 53.5 Å². The van der Waals surface area contributed by atoms with Crippen molar-refractivity contribution in [3.05, 3.63) is 35.9 Å². The monoisotopic (exact) mass is 304 g/mol. The number of benzene rings is 1. The number of nitrogens with zero attached hydrogens (tertiary/aromatic N) is 2. The fourth-order valence-electron chi connectivity index (χ4n) is 3.73. The highest BCUT2D eigenvalue weighted by Crippen LogP contribution is 2.26. The summed E-state index contributed by atoms with van der Waals surface area (Å²) in [5, 5.41) is 0. The molecule has 0 spiro atoms. The van der Waals surface area contributed by atoms with Crippen LogP contribution in [0.2, 0.25) is 0 Å². The van der Waals surface area contributed by atoms with E-state index < -0.39 is 0 Å². The molecule has 0 unspecified atom stereocenters. The Labute approximate surface area is 133 Å². The van der Waals surface area contributed by atoms with Gasteiger partial charge in [0.05, 0.1) is 0 Å². The maximum atomic E-state index is 2.79. The van der Waals surface area contributed by atoms with Gasteiger partial charge in [0, 0.05) is 25.2 Å². The number of likely N-dealkylation sites (tertiary alicyclic amines) is 1. The number of hydrogen-bond donors (Lipinski definition) is 0. The van der Waals surface area contributed by atoms with Crippen LogP contribution in [0.3, 0.4) is 0 Å². The number of rotatable bonds is 4. The Balaban J connectivity index is 1.55. The van der Waals surface area contributed by atoms with Gasteiger partial charge in [-0.1, -0.05) is 30.3 Å². The number of piperidine rings is 1. The minimum absolute atomic E-state index is 0.730. The molecule has 2 heterocycles. The molecule has 0 N–H and O–H groups in total. The minimum Gasteiger partial charge on any atom is -0.299 e. The first-order chi connectivity index (χ1) is 10.3. The van der Waals surface area contributed by atoms with Crippen molar-refractivity contribution in [2.45, 2.75) is 44.3 Å². The first-order valence-electron chi connectivity index (χ1n) is 8.39. The third kappa shape index (κ3) is 4.24. The predicted molar refractivity (Wildman–Crippen MR) is 92.9 cm³/mol. The Morgan fingerprint density at radius 1 is 1.14 bits per heavy atom. The van der Waals surface area contributed by atoms with Gasteiger partial charge in [0.25, 0.3) is 0 Å². The van der Waals surface area contributed by atoms with Gasteiger partial charge in [0.2, 0.25) is 0 Å². The third-order valence-corrected chi connectivity index (χ3v) is 6.08. The van der Waals surface area contributed by atoms with Crippen molar-refractivity contribution in [1.82, 2.24) is 9.80 Å². The largest absolute Gasteiger partial charge is 0.299 e. The molecule has 21 heavy (non-hydrogen) atoms. The lowest BCUT2D eigenvalue weighted by molar-refractivity contribution is 0.0774. The summed E-state index contributed by atoms with van der Waals surface area (Å²) in [7, 11) is 2.30. The van der Waals surface area contributed by atoms with E-state index in [9.17, 15) is 0 Å². The van der Waals surface area contributed by atoms with Gasteiger partial charge in [0.15, 0.2) is 0 Å². The van der Waals surface area contributed by atoms with E-state index in [1.807, 2.05) is 0 Å². The van der Waals surface area contributed by atoms with Crippen molar-refractivity contribution in [2.75, 3.05) is 31.6 Å². The summed E-state index contributed by atoms with van der Waals surface area (Å²) in [6, 6.07) is 12.5. The normalized spacial score (nSPS) is 25.3. The van der Waals surface area contributed by atoms with Gasteiger partial charge >= 0.3 is 0 Å². The smallest absolute Gasteiger partial charge is 0.0234 e. The van der Waals surface area contributed by atoms with Gasteiger partial charge in [0.1, 0.15) is 0 Å². The van der Waals surface area contributed by atoms with E-state index in [2.05, 4.69) is 58.9 Å². The zero-order valence-electron chi connectivity index (χ0n) is 13.2. The number of likely N-dealkylation sites (N-methyl/N-ethyl adjacent to an activating group) is 1. The summed E-state index contributed by atoms with van der Waals surface area (Å²) in [4.78, 5) is 5.36. The fourth-order valence-corrected chi connectivity index (χ4v) is 4.81. The molecule has 1 aromatic rings. The minimum atomic E-state index is 0.730. The molecule has 0 bridgehead atoms. The molecule has 0 aromatic heterocycles. The van der Waals surface area contributed by atoms with Crippen molar-refractivity contribution >= 4 is 11.8 Å². The summed E-state index contributed by atoms with van der Waals surface area (Å²) < 4.78 is 0. The Kier molecular flexibility index (Phi) is 5.61. The molecule has 0 radical (unpaired) electrons. The maximum absolute atomic E-state index is 2.79. The molecular weight excluding hydrogens is 276 g/mol. The summed E-state index contributed by atoms with van der Waals surface area (Å²) in [5.74, 6) is 2.73. The molecule has 3 heteroatoms. The molecule has 1 aromatic carbocycles.